The van der Waals surface area contributed by atoms with Gasteiger partial charge in [0.05, 0.1) is 7.11 Å². The van der Waals surface area contributed by atoms with Crippen LogP contribution >= 0.6 is 0 Å². The van der Waals surface area contributed by atoms with E-state index < -0.39 is 23.7 Å². The number of rotatable bonds is 7. The van der Waals surface area contributed by atoms with Gasteiger partial charge in [0.15, 0.2) is 0 Å². The summed E-state index contributed by atoms with van der Waals surface area (Å²) in [5, 5.41) is 5.55. The van der Waals surface area contributed by atoms with E-state index in [1.165, 1.54) is 7.11 Å². The van der Waals surface area contributed by atoms with Crippen LogP contribution in [-0.4, -0.2) is 53.9 Å². The van der Waals surface area contributed by atoms with Crippen LogP contribution in [0.25, 0.3) is 0 Å². The molecule has 0 saturated carbocycles. The fraction of sp³-hybridized carbons (Fsp3) is 0.600. The van der Waals surface area contributed by atoms with E-state index in [4.69, 9.17) is 10.5 Å². The minimum absolute atomic E-state index is 0.201. The molecule has 1 atom stereocenters. The van der Waals surface area contributed by atoms with Gasteiger partial charge in [0.25, 0.3) is 0 Å². The van der Waals surface area contributed by atoms with Crippen molar-refractivity contribution >= 4 is 18.0 Å². The highest BCUT2D eigenvalue weighted by atomic mass is 16.6. The molecule has 1 aromatic rings. The number of methoxy groups -OCH3 is 1. The molecule has 0 saturated heterocycles. The molecule has 1 unspecified atom stereocenters. The first-order valence-corrected chi connectivity index (χ1v) is 7.56. The Balaban J connectivity index is 2.45. The molecular weight excluding hydrogens is 314 g/mol. The normalized spacial score (nSPS) is 12.3. The van der Waals surface area contributed by atoms with Gasteiger partial charge in [0.1, 0.15) is 11.6 Å². The van der Waals surface area contributed by atoms with Crippen LogP contribution in [0, 0.1) is 0 Å². The minimum Gasteiger partial charge on any atom is -0.467 e. The molecule has 24 heavy (non-hydrogen) atoms. The number of carbonyl (C=O) groups is 2. The average molecular weight is 339 g/mol. The van der Waals surface area contributed by atoms with Gasteiger partial charge in [-0.1, -0.05) is 0 Å². The van der Waals surface area contributed by atoms with Gasteiger partial charge in [0, 0.05) is 31.4 Å². The van der Waals surface area contributed by atoms with Crippen molar-refractivity contribution in [3.8, 4) is 0 Å². The largest absolute Gasteiger partial charge is 0.467 e. The van der Waals surface area contributed by atoms with Crippen LogP contribution in [0.2, 0.25) is 0 Å². The van der Waals surface area contributed by atoms with Crippen molar-refractivity contribution in [2.45, 2.75) is 38.8 Å². The van der Waals surface area contributed by atoms with Crippen molar-refractivity contribution in [2.24, 2.45) is 0 Å². The summed E-state index contributed by atoms with van der Waals surface area (Å²) in [4.78, 5) is 31.4. The fourth-order valence-electron chi connectivity index (χ4n) is 1.80. The number of amides is 1. The first-order valence-electron chi connectivity index (χ1n) is 7.56. The second kappa shape index (κ2) is 9.02. The van der Waals surface area contributed by atoms with E-state index in [1.807, 2.05) is 0 Å². The van der Waals surface area contributed by atoms with Crippen molar-refractivity contribution in [1.29, 1.82) is 0 Å². The van der Waals surface area contributed by atoms with Crippen LogP contribution in [0.4, 0.5) is 10.7 Å². The molecule has 0 radical (unpaired) electrons. The predicted molar refractivity (Wildman–Crippen MR) is 88.2 cm³/mol. The Morgan fingerprint density at radius 1 is 1.38 bits per heavy atom. The summed E-state index contributed by atoms with van der Waals surface area (Å²) in [6.07, 6.45) is 1.51. The van der Waals surface area contributed by atoms with Gasteiger partial charge < -0.3 is 25.8 Å². The molecule has 0 aliphatic rings. The SMILES string of the molecule is COC(=O)C(CNCCc1ccnc(N)n1)NC(=O)OC(C)(C)C. The number of esters is 1. The van der Waals surface area contributed by atoms with Gasteiger partial charge in [-0.15, -0.1) is 0 Å². The summed E-state index contributed by atoms with van der Waals surface area (Å²) in [6, 6.07) is 0.912. The lowest BCUT2D eigenvalue weighted by Gasteiger charge is -2.22. The zero-order chi connectivity index (χ0) is 18.2. The van der Waals surface area contributed by atoms with Crippen LogP contribution in [0.1, 0.15) is 26.5 Å². The maximum atomic E-state index is 11.8. The fourth-order valence-corrected chi connectivity index (χ4v) is 1.80. The Morgan fingerprint density at radius 2 is 2.08 bits per heavy atom. The maximum absolute atomic E-state index is 11.8. The molecule has 0 fully saturated rings. The quantitative estimate of drug-likeness (QED) is 0.476. The molecule has 0 spiro atoms. The Kier molecular flexibility index (Phi) is 7.37. The number of ether oxygens (including phenoxy) is 2. The van der Waals surface area contributed by atoms with Crippen LogP contribution < -0.4 is 16.4 Å². The molecule has 0 aliphatic heterocycles. The van der Waals surface area contributed by atoms with Crippen molar-refractivity contribution in [1.82, 2.24) is 20.6 Å². The summed E-state index contributed by atoms with van der Waals surface area (Å²) >= 11 is 0. The van der Waals surface area contributed by atoms with Crippen LogP contribution in [0.15, 0.2) is 12.3 Å². The molecule has 0 bridgehead atoms. The van der Waals surface area contributed by atoms with E-state index in [-0.39, 0.29) is 12.5 Å². The number of aromatic nitrogens is 2. The lowest BCUT2D eigenvalue weighted by molar-refractivity contribution is -0.143. The number of nitrogen functional groups attached to an aromatic ring is 1. The van der Waals surface area contributed by atoms with E-state index in [0.29, 0.717) is 13.0 Å². The summed E-state index contributed by atoms with van der Waals surface area (Å²) in [5.74, 6) is -0.342. The van der Waals surface area contributed by atoms with E-state index in [0.717, 1.165) is 5.69 Å². The number of carbonyl (C=O) groups excluding carboxylic acids is 2. The van der Waals surface area contributed by atoms with Gasteiger partial charge in [-0.25, -0.2) is 19.6 Å². The summed E-state index contributed by atoms with van der Waals surface area (Å²) in [6.45, 7) is 5.97. The molecule has 4 N–H and O–H groups in total. The third-order valence-corrected chi connectivity index (χ3v) is 2.81. The van der Waals surface area contributed by atoms with E-state index in [9.17, 15) is 9.59 Å². The zero-order valence-electron chi connectivity index (χ0n) is 14.5. The van der Waals surface area contributed by atoms with Crippen LogP contribution in [0.5, 0.6) is 0 Å². The molecule has 0 aliphatic carbocycles. The number of hydrogen-bond acceptors (Lipinski definition) is 8. The molecule has 9 nitrogen and oxygen atoms in total. The molecule has 1 rings (SSSR count). The Labute approximate surface area is 141 Å². The Morgan fingerprint density at radius 3 is 2.67 bits per heavy atom. The van der Waals surface area contributed by atoms with Crippen molar-refractivity contribution in [3.63, 3.8) is 0 Å². The zero-order valence-corrected chi connectivity index (χ0v) is 14.5. The van der Waals surface area contributed by atoms with E-state index in [1.54, 1.807) is 33.0 Å². The monoisotopic (exact) mass is 339 g/mol. The van der Waals surface area contributed by atoms with Gasteiger partial charge in [-0.2, -0.15) is 0 Å². The number of nitrogens with one attached hydrogen (secondary N) is 2. The molecule has 9 heteroatoms. The summed E-state index contributed by atoms with van der Waals surface area (Å²) in [5.41, 5.74) is 5.64. The molecular formula is C15H25N5O4. The first kappa shape index (κ1) is 19.6. The van der Waals surface area contributed by atoms with Crippen LogP contribution in [0.3, 0.4) is 0 Å². The third-order valence-electron chi connectivity index (χ3n) is 2.81. The molecule has 1 amide bonds. The average Bonchev–Trinajstić information content (AvgIpc) is 2.47. The van der Waals surface area contributed by atoms with Gasteiger partial charge >= 0.3 is 12.1 Å². The smallest absolute Gasteiger partial charge is 0.408 e. The number of nitrogens with zero attached hydrogens (tertiary/aromatic N) is 2. The lowest BCUT2D eigenvalue weighted by atomic mass is 10.2. The number of hydrogen-bond donors (Lipinski definition) is 3. The third kappa shape index (κ3) is 7.73. The second-order valence-corrected chi connectivity index (χ2v) is 6.08. The predicted octanol–water partition coefficient (Wildman–Crippen LogP) is 0.257. The molecule has 0 aromatic carbocycles. The maximum Gasteiger partial charge on any atom is 0.408 e. The number of alkyl carbamates (subject to hydrolysis) is 1. The summed E-state index contributed by atoms with van der Waals surface area (Å²) < 4.78 is 9.82. The highest BCUT2D eigenvalue weighted by Gasteiger charge is 2.24. The van der Waals surface area contributed by atoms with Gasteiger partial charge in [0.2, 0.25) is 5.95 Å². The molecule has 1 aromatic heterocycles. The van der Waals surface area contributed by atoms with Crippen molar-refractivity contribution < 1.29 is 19.1 Å². The summed E-state index contributed by atoms with van der Waals surface area (Å²) in [7, 11) is 1.26. The van der Waals surface area contributed by atoms with Gasteiger partial charge in [-0.3, -0.25) is 0 Å². The van der Waals surface area contributed by atoms with Crippen LogP contribution in [-0.2, 0) is 20.7 Å². The number of nitrogens with two attached hydrogens (primary N) is 1. The molecule has 1 heterocycles. The highest BCUT2D eigenvalue weighted by Crippen LogP contribution is 2.06. The van der Waals surface area contributed by atoms with E-state index >= 15 is 0 Å². The molecule has 134 valence electrons. The second-order valence-electron chi connectivity index (χ2n) is 6.08. The van der Waals surface area contributed by atoms with Gasteiger partial charge in [-0.05, 0) is 26.8 Å². The minimum atomic E-state index is -0.847. The van der Waals surface area contributed by atoms with Crippen molar-refractivity contribution in [3.05, 3.63) is 18.0 Å². The first-order chi connectivity index (χ1) is 11.2. The highest BCUT2D eigenvalue weighted by molar-refractivity contribution is 5.81. The Bertz CT molecular complexity index is 559. The lowest BCUT2D eigenvalue weighted by Crippen LogP contribution is -2.49. The standard InChI is InChI=1S/C15H25N5O4/c1-15(2,3)24-14(22)20-11(12(21)23-4)9-17-7-5-10-6-8-18-13(16)19-10/h6,8,11,17H,5,7,9H2,1-4H3,(H,20,22)(H2,16,18,19). The number of anilines is 1. The van der Waals surface area contributed by atoms with E-state index in [2.05, 4.69) is 25.3 Å². The van der Waals surface area contributed by atoms with Crippen molar-refractivity contribution in [2.75, 3.05) is 25.9 Å². The topological polar surface area (TPSA) is 128 Å². The Hall–Kier alpha value is -2.42.